The molecule has 2 bridgehead atoms. The molecule has 3 saturated heterocycles. The van der Waals surface area contributed by atoms with Gasteiger partial charge in [-0.3, -0.25) is 4.98 Å². The fourth-order valence-electron chi connectivity index (χ4n) is 7.07. The van der Waals surface area contributed by atoms with Crippen molar-refractivity contribution in [2.24, 2.45) is 11.8 Å². The van der Waals surface area contributed by atoms with Crippen LogP contribution in [0.3, 0.4) is 0 Å². The standard InChI is InChI=1S/C33H36FN2O2/c1-2-24-20-36(21-26-12-13-27(19-30(26)34)38-22-23-8-4-3-5-9-23)17-15-25(24)18-32(36)33(37)29-14-16-35-31-11-7-6-10-28(29)31/h3-14,16,19,24-25,32-33,37H,2,15,17-18,20-22H2,1H3/q+1/t24-,25-,32-,33+,36-/m0/s1. The summed E-state index contributed by atoms with van der Waals surface area (Å²) in [5, 5.41) is 12.9. The molecule has 7 rings (SSSR count). The van der Waals surface area contributed by atoms with Gasteiger partial charge in [-0.2, -0.15) is 0 Å². The molecule has 5 heteroatoms. The van der Waals surface area contributed by atoms with E-state index >= 15 is 4.39 Å². The van der Waals surface area contributed by atoms with Crippen molar-refractivity contribution in [1.82, 2.24) is 4.98 Å². The smallest absolute Gasteiger partial charge is 0.135 e. The minimum atomic E-state index is -0.625. The van der Waals surface area contributed by atoms with Crippen LogP contribution in [0.5, 0.6) is 5.75 Å². The lowest BCUT2D eigenvalue weighted by Crippen LogP contribution is -2.67. The van der Waals surface area contributed by atoms with E-state index in [1.165, 1.54) is 6.07 Å². The largest absolute Gasteiger partial charge is 0.489 e. The molecule has 3 aliphatic heterocycles. The summed E-state index contributed by atoms with van der Waals surface area (Å²) in [6, 6.07) is 25.2. The monoisotopic (exact) mass is 511 g/mol. The number of quaternary nitrogens is 1. The molecular weight excluding hydrogens is 475 g/mol. The average Bonchev–Trinajstić information content (AvgIpc) is 2.97. The first-order valence-electron chi connectivity index (χ1n) is 13.9. The quantitative estimate of drug-likeness (QED) is 0.264. The Hall–Kier alpha value is -3.28. The zero-order chi connectivity index (χ0) is 26.1. The van der Waals surface area contributed by atoms with Gasteiger partial charge in [0.25, 0.3) is 0 Å². The minimum Gasteiger partial charge on any atom is -0.489 e. The van der Waals surface area contributed by atoms with E-state index in [2.05, 4.69) is 11.9 Å². The van der Waals surface area contributed by atoms with Crippen LogP contribution in [-0.4, -0.2) is 33.7 Å². The van der Waals surface area contributed by atoms with Crippen LogP contribution in [0, 0.1) is 17.7 Å². The molecule has 0 spiro atoms. The van der Waals surface area contributed by atoms with Crippen LogP contribution < -0.4 is 4.74 Å². The Morgan fingerprint density at radius 3 is 2.68 bits per heavy atom. The number of aliphatic hydroxyl groups is 1. The van der Waals surface area contributed by atoms with Gasteiger partial charge in [0.05, 0.1) is 18.6 Å². The fourth-order valence-corrected chi connectivity index (χ4v) is 7.07. The highest BCUT2D eigenvalue weighted by Crippen LogP contribution is 2.48. The predicted octanol–water partition coefficient (Wildman–Crippen LogP) is 6.82. The van der Waals surface area contributed by atoms with Crippen molar-refractivity contribution in [1.29, 1.82) is 0 Å². The van der Waals surface area contributed by atoms with Gasteiger partial charge in [0, 0.05) is 42.0 Å². The maximum atomic E-state index is 15.5. The summed E-state index contributed by atoms with van der Waals surface area (Å²) in [4.78, 5) is 4.50. The molecule has 4 nitrogen and oxygen atoms in total. The van der Waals surface area contributed by atoms with E-state index in [0.717, 1.165) is 58.9 Å². The van der Waals surface area contributed by atoms with E-state index < -0.39 is 6.10 Å². The lowest BCUT2D eigenvalue weighted by molar-refractivity contribution is -0.986. The number of piperidine rings is 3. The zero-order valence-electron chi connectivity index (χ0n) is 22.0. The molecule has 0 radical (unpaired) electrons. The Balaban J connectivity index is 1.28. The molecule has 4 heterocycles. The summed E-state index contributed by atoms with van der Waals surface area (Å²) in [5.74, 6) is 1.54. The first-order valence-corrected chi connectivity index (χ1v) is 13.9. The third kappa shape index (κ3) is 4.70. The molecule has 3 aliphatic rings. The van der Waals surface area contributed by atoms with Gasteiger partial charge in [-0.05, 0) is 47.7 Å². The predicted molar refractivity (Wildman–Crippen MR) is 148 cm³/mol. The summed E-state index contributed by atoms with van der Waals surface area (Å²) < 4.78 is 22.1. The number of aliphatic hydroxyl groups excluding tert-OH is 1. The molecule has 1 aromatic heterocycles. The van der Waals surface area contributed by atoms with E-state index in [-0.39, 0.29) is 11.9 Å². The second-order valence-electron chi connectivity index (χ2n) is 11.2. The van der Waals surface area contributed by atoms with E-state index in [0.29, 0.717) is 36.3 Å². The average molecular weight is 512 g/mol. The minimum absolute atomic E-state index is 0.0239. The van der Waals surface area contributed by atoms with Crippen LogP contribution in [-0.2, 0) is 13.2 Å². The molecular formula is C33H36FN2O2+. The van der Waals surface area contributed by atoms with E-state index in [1.54, 1.807) is 6.20 Å². The van der Waals surface area contributed by atoms with Gasteiger partial charge >= 0.3 is 0 Å². The van der Waals surface area contributed by atoms with Crippen LogP contribution in [0.4, 0.5) is 4.39 Å². The normalized spacial score (nSPS) is 25.4. The Morgan fingerprint density at radius 2 is 1.87 bits per heavy atom. The number of rotatable bonds is 8. The number of ether oxygens (including phenoxy) is 1. The second-order valence-corrected chi connectivity index (χ2v) is 11.2. The maximum absolute atomic E-state index is 15.5. The summed E-state index contributed by atoms with van der Waals surface area (Å²) in [5.41, 5.74) is 3.58. The number of para-hydroxylation sites is 1. The Labute approximate surface area is 224 Å². The highest BCUT2D eigenvalue weighted by Gasteiger charge is 2.54. The summed E-state index contributed by atoms with van der Waals surface area (Å²) in [6.07, 6.45) is 4.40. The highest BCUT2D eigenvalue weighted by atomic mass is 19.1. The molecule has 3 aromatic carbocycles. The van der Waals surface area contributed by atoms with Crippen LogP contribution in [0.25, 0.3) is 10.9 Å². The van der Waals surface area contributed by atoms with Crippen molar-refractivity contribution in [3.8, 4) is 5.75 Å². The van der Waals surface area contributed by atoms with Crippen LogP contribution >= 0.6 is 0 Å². The number of halogens is 1. The molecule has 0 saturated carbocycles. The SMILES string of the molecule is CC[C@H]1C[N@+]2(Cc3ccc(OCc4ccccc4)cc3F)CC[C@H]1C[C@H]2[C@H](O)c1ccnc2ccccc12. The third-order valence-electron chi connectivity index (χ3n) is 9.11. The van der Waals surface area contributed by atoms with E-state index in [1.807, 2.05) is 72.8 Å². The topological polar surface area (TPSA) is 42.4 Å². The van der Waals surface area contributed by atoms with Gasteiger partial charge in [-0.25, -0.2) is 4.39 Å². The van der Waals surface area contributed by atoms with Crippen molar-refractivity contribution in [2.75, 3.05) is 13.1 Å². The molecule has 0 unspecified atom stereocenters. The van der Waals surface area contributed by atoms with E-state index in [9.17, 15) is 5.11 Å². The Morgan fingerprint density at radius 1 is 1.05 bits per heavy atom. The fraction of sp³-hybridized carbons (Fsp3) is 0.364. The van der Waals surface area contributed by atoms with Crippen LogP contribution in [0.15, 0.2) is 85.1 Å². The first kappa shape index (κ1) is 25.0. The molecule has 1 N–H and O–H groups in total. The van der Waals surface area contributed by atoms with Crippen LogP contribution in [0.2, 0.25) is 0 Å². The zero-order valence-corrected chi connectivity index (χ0v) is 22.0. The van der Waals surface area contributed by atoms with Crippen molar-refractivity contribution in [2.45, 2.75) is 51.5 Å². The number of benzene rings is 3. The van der Waals surface area contributed by atoms with Crippen molar-refractivity contribution in [3.05, 3.63) is 108 Å². The van der Waals surface area contributed by atoms with Gasteiger partial charge in [0.2, 0.25) is 0 Å². The number of pyridine rings is 1. The van der Waals surface area contributed by atoms with Gasteiger partial charge in [0.15, 0.2) is 0 Å². The number of fused-ring (bicyclic) bond motifs is 4. The Kier molecular flexibility index (Phi) is 6.89. The number of nitrogens with zero attached hydrogens (tertiary/aromatic N) is 2. The lowest BCUT2D eigenvalue weighted by Gasteiger charge is -2.58. The molecule has 0 aliphatic carbocycles. The number of hydrogen-bond donors (Lipinski definition) is 1. The molecule has 5 atom stereocenters. The second kappa shape index (κ2) is 10.5. The van der Waals surface area contributed by atoms with Crippen molar-refractivity contribution in [3.63, 3.8) is 0 Å². The van der Waals surface area contributed by atoms with Crippen molar-refractivity contribution >= 4 is 10.9 Å². The van der Waals surface area contributed by atoms with E-state index in [4.69, 9.17) is 4.74 Å². The summed E-state index contributed by atoms with van der Waals surface area (Å²) in [6.45, 7) is 5.21. The van der Waals surface area contributed by atoms with Gasteiger partial charge < -0.3 is 14.3 Å². The van der Waals surface area contributed by atoms with Gasteiger partial charge in [0.1, 0.15) is 36.9 Å². The molecule has 3 fully saturated rings. The lowest BCUT2D eigenvalue weighted by atomic mass is 9.70. The first-order chi connectivity index (χ1) is 18.6. The molecule has 196 valence electrons. The highest BCUT2D eigenvalue weighted by molar-refractivity contribution is 5.82. The molecule has 38 heavy (non-hydrogen) atoms. The molecule has 4 aromatic rings. The Bertz CT molecular complexity index is 1410. The maximum Gasteiger partial charge on any atom is 0.135 e. The molecule has 0 amide bonds. The third-order valence-corrected chi connectivity index (χ3v) is 9.11. The van der Waals surface area contributed by atoms with Gasteiger partial charge in [-0.1, -0.05) is 55.5 Å². The summed E-state index contributed by atoms with van der Waals surface area (Å²) >= 11 is 0. The summed E-state index contributed by atoms with van der Waals surface area (Å²) in [7, 11) is 0. The number of aromatic nitrogens is 1. The van der Waals surface area contributed by atoms with Crippen LogP contribution in [0.1, 0.15) is 49.0 Å². The number of hydrogen-bond acceptors (Lipinski definition) is 3. The van der Waals surface area contributed by atoms with Crippen molar-refractivity contribution < 1.29 is 18.7 Å². The van der Waals surface area contributed by atoms with Gasteiger partial charge in [-0.15, -0.1) is 0 Å².